The van der Waals surface area contributed by atoms with E-state index in [4.69, 9.17) is 0 Å². The van der Waals surface area contributed by atoms with Crippen LogP contribution >= 0.6 is 0 Å². The van der Waals surface area contributed by atoms with E-state index in [9.17, 15) is 8.42 Å². The first kappa shape index (κ1) is 12.6. The summed E-state index contributed by atoms with van der Waals surface area (Å²) in [7, 11) is -3.25. The summed E-state index contributed by atoms with van der Waals surface area (Å²) in [4.78, 5) is 0.472. The van der Waals surface area contributed by atoms with Gasteiger partial charge < -0.3 is 5.32 Å². The summed E-state index contributed by atoms with van der Waals surface area (Å²) in [6.45, 7) is 1.48. The summed E-state index contributed by atoms with van der Waals surface area (Å²) in [5.74, 6) is 0. The smallest absolute Gasteiger partial charge is 0.183 e. The van der Waals surface area contributed by atoms with Gasteiger partial charge in [-0.15, -0.1) is 0 Å². The van der Waals surface area contributed by atoms with Crippen molar-refractivity contribution in [1.29, 1.82) is 0 Å². The summed E-state index contributed by atoms with van der Waals surface area (Å²) >= 11 is 0. The van der Waals surface area contributed by atoms with Crippen LogP contribution in [-0.4, -0.2) is 26.8 Å². The molecule has 1 aliphatic rings. The van der Waals surface area contributed by atoms with E-state index < -0.39 is 9.84 Å². The Labute approximate surface area is 113 Å². The fraction of sp³-hybridized carbons (Fsp3) is 0.333. The molecule has 0 aliphatic carbocycles. The van der Waals surface area contributed by atoms with Crippen molar-refractivity contribution in [2.24, 2.45) is 0 Å². The lowest BCUT2D eigenvalue weighted by atomic mass is 10.1. The lowest BCUT2D eigenvalue weighted by Gasteiger charge is -2.23. The van der Waals surface area contributed by atoms with Gasteiger partial charge in [-0.25, -0.2) is 8.42 Å². The zero-order chi connectivity index (χ0) is 13.3. The molecule has 0 saturated carbocycles. The average Bonchev–Trinajstić information content (AvgIpc) is 2.47. The molecule has 4 heteroatoms. The van der Waals surface area contributed by atoms with Gasteiger partial charge in [0.15, 0.2) is 9.84 Å². The molecule has 0 amide bonds. The van der Waals surface area contributed by atoms with Gasteiger partial charge in [-0.05, 0) is 30.8 Å². The fourth-order valence-corrected chi connectivity index (χ4v) is 4.64. The van der Waals surface area contributed by atoms with Crippen molar-refractivity contribution in [2.75, 3.05) is 13.1 Å². The molecule has 1 aliphatic heterocycles. The number of piperidine rings is 1. The van der Waals surface area contributed by atoms with Crippen molar-refractivity contribution >= 4 is 20.6 Å². The summed E-state index contributed by atoms with van der Waals surface area (Å²) in [5.41, 5.74) is 0. The standard InChI is InChI=1S/C15H17NO2S/c17-19(18,13-7-4-10-16-11-13)15-9-3-6-12-5-1-2-8-14(12)15/h1-3,5-6,8-9,13,16H,4,7,10-11H2. The highest BCUT2D eigenvalue weighted by Crippen LogP contribution is 2.28. The van der Waals surface area contributed by atoms with Gasteiger partial charge in [-0.2, -0.15) is 0 Å². The lowest BCUT2D eigenvalue weighted by Crippen LogP contribution is -2.38. The molecular formula is C15H17NO2S. The zero-order valence-corrected chi connectivity index (χ0v) is 11.5. The first-order valence-corrected chi connectivity index (χ1v) is 8.16. The van der Waals surface area contributed by atoms with E-state index in [1.54, 1.807) is 6.07 Å². The lowest BCUT2D eigenvalue weighted by molar-refractivity contribution is 0.497. The molecule has 0 radical (unpaired) electrons. The van der Waals surface area contributed by atoms with Crippen LogP contribution < -0.4 is 5.32 Å². The molecular weight excluding hydrogens is 258 g/mol. The van der Waals surface area contributed by atoms with Gasteiger partial charge in [-0.1, -0.05) is 36.4 Å². The van der Waals surface area contributed by atoms with Gasteiger partial charge >= 0.3 is 0 Å². The van der Waals surface area contributed by atoms with E-state index >= 15 is 0 Å². The van der Waals surface area contributed by atoms with E-state index in [0.29, 0.717) is 11.4 Å². The Kier molecular flexibility index (Phi) is 3.29. The molecule has 1 saturated heterocycles. The van der Waals surface area contributed by atoms with E-state index in [1.165, 1.54) is 0 Å². The fourth-order valence-electron chi connectivity index (χ4n) is 2.71. The molecule has 2 aromatic rings. The molecule has 0 spiro atoms. The molecule has 2 aromatic carbocycles. The van der Waals surface area contributed by atoms with E-state index in [1.807, 2.05) is 36.4 Å². The van der Waals surface area contributed by atoms with Crippen molar-refractivity contribution < 1.29 is 8.42 Å². The first-order valence-electron chi connectivity index (χ1n) is 6.62. The van der Waals surface area contributed by atoms with Crippen LogP contribution in [0.4, 0.5) is 0 Å². The van der Waals surface area contributed by atoms with Crippen LogP contribution in [0.25, 0.3) is 10.8 Å². The third-order valence-corrected chi connectivity index (χ3v) is 6.00. The number of rotatable bonds is 2. The summed E-state index contributed by atoms with van der Waals surface area (Å²) in [5, 5.41) is 4.69. The van der Waals surface area contributed by atoms with Crippen molar-refractivity contribution in [3.63, 3.8) is 0 Å². The van der Waals surface area contributed by atoms with Gasteiger partial charge in [0, 0.05) is 11.9 Å². The van der Waals surface area contributed by atoms with Gasteiger partial charge in [0.05, 0.1) is 10.1 Å². The number of sulfone groups is 1. The maximum Gasteiger partial charge on any atom is 0.183 e. The second-order valence-electron chi connectivity index (χ2n) is 4.99. The molecule has 1 heterocycles. The Hall–Kier alpha value is -1.39. The molecule has 1 unspecified atom stereocenters. The minimum Gasteiger partial charge on any atom is -0.315 e. The van der Waals surface area contributed by atoms with Crippen molar-refractivity contribution in [1.82, 2.24) is 5.32 Å². The van der Waals surface area contributed by atoms with Crippen LogP contribution in [0, 0.1) is 0 Å². The van der Waals surface area contributed by atoms with Gasteiger partial charge in [0.1, 0.15) is 0 Å². The Morgan fingerprint density at radius 1 is 1.05 bits per heavy atom. The van der Waals surface area contributed by atoms with Crippen molar-refractivity contribution in [2.45, 2.75) is 23.0 Å². The maximum absolute atomic E-state index is 12.8. The molecule has 100 valence electrons. The second-order valence-corrected chi connectivity index (χ2v) is 7.19. The Balaban J connectivity index is 2.12. The van der Waals surface area contributed by atoms with E-state index in [2.05, 4.69) is 5.32 Å². The minimum absolute atomic E-state index is 0.299. The van der Waals surface area contributed by atoms with Gasteiger partial charge in [0.2, 0.25) is 0 Å². The molecule has 19 heavy (non-hydrogen) atoms. The first-order chi connectivity index (χ1) is 9.19. The normalized spacial score (nSPS) is 20.5. The summed E-state index contributed by atoms with van der Waals surface area (Å²) in [6, 6.07) is 13.2. The van der Waals surface area contributed by atoms with Crippen LogP contribution in [0.5, 0.6) is 0 Å². The molecule has 0 aromatic heterocycles. The monoisotopic (exact) mass is 275 g/mol. The Morgan fingerprint density at radius 2 is 1.84 bits per heavy atom. The summed E-state index contributed by atoms with van der Waals surface area (Å²) in [6.07, 6.45) is 1.67. The minimum atomic E-state index is -3.25. The van der Waals surface area contributed by atoms with E-state index in [0.717, 1.165) is 30.2 Å². The van der Waals surface area contributed by atoms with Gasteiger partial charge in [0.25, 0.3) is 0 Å². The van der Waals surface area contributed by atoms with E-state index in [-0.39, 0.29) is 5.25 Å². The predicted molar refractivity (Wildman–Crippen MR) is 77.0 cm³/mol. The van der Waals surface area contributed by atoms with Crippen molar-refractivity contribution in [3.8, 4) is 0 Å². The van der Waals surface area contributed by atoms with Gasteiger partial charge in [-0.3, -0.25) is 0 Å². The molecule has 3 nitrogen and oxygen atoms in total. The predicted octanol–water partition coefficient (Wildman–Crippen LogP) is 2.37. The highest BCUT2D eigenvalue weighted by Gasteiger charge is 2.29. The number of nitrogens with one attached hydrogen (secondary N) is 1. The van der Waals surface area contributed by atoms with Crippen LogP contribution in [0.15, 0.2) is 47.4 Å². The largest absolute Gasteiger partial charge is 0.315 e. The highest BCUT2D eigenvalue weighted by molar-refractivity contribution is 7.92. The highest BCUT2D eigenvalue weighted by atomic mass is 32.2. The maximum atomic E-state index is 12.8. The number of hydrogen-bond acceptors (Lipinski definition) is 3. The SMILES string of the molecule is O=S(=O)(c1cccc2ccccc12)C1CCCNC1. The third-order valence-electron chi connectivity index (χ3n) is 3.75. The molecule has 1 N–H and O–H groups in total. The number of benzene rings is 2. The molecule has 0 bridgehead atoms. The Morgan fingerprint density at radius 3 is 2.63 bits per heavy atom. The second kappa shape index (κ2) is 4.94. The average molecular weight is 275 g/mol. The molecule has 1 fully saturated rings. The number of fused-ring (bicyclic) bond motifs is 1. The number of hydrogen-bond donors (Lipinski definition) is 1. The quantitative estimate of drug-likeness (QED) is 0.915. The zero-order valence-electron chi connectivity index (χ0n) is 10.7. The Bertz CT molecular complexity index is 683. The summed E-state index contributed by atoms with van der Waals surface area (Å²) < 4.78 is 25.5. The molecule has 1 atom stereocenters. The van der Waals surface area contributed by atoms with Crippen LogP contribution in [-0.2, 0) is 9.84 Å². The van der Waals surface area contributed by atoms with Crippen LogP contribution in [0.1, 0.15) is 12.8 Å². The van der Waals surface area contributed by atoms with Crippen molar-refractivity contribution in [3.05, 3.63) is 42.5 Å². The van der Waals surface area contributed by atoms with Crippen LogP contribution in [0.3, 0.4) is 0 Å². The van der Waals surface area contributed by atoms with Crippen LogP contribution in [0.2, 0.25) is 0 Å². The third kappa shape index (κ3) is 2.26. The molecule has 3 rings (SSSR count). The topological polar surface area (TPSA) is 46.2 Å².